The maximum atomic E-state index is 12.2. The van der Waals surface area contributed by atoms with Crippen LogP contribution in [0.1, 0.15) is 24.3 Å². The smallest absolute Gasteiger partial charge is 0.274 e. The number of aromatic nitrogens is 2. The molecule has 2 N–H and O–H groups in total. The molecule has 2 unspecified atom stereocenters. The quantitative estimate of drug-likeness (QED) is 0.808. The molecule has 1 aromatic rings. The molecule has 5 nitrogen and oxygen atoms in total. The summed E-state index contributed by atoms with van der Waals surface area (Å²) in [4.78, 5) is 14.0. The van der Waals surface area contributed by atoms with E-state index in [2.05, 4.69) is 24.0 Å². The molecule has 2 atom stereocenters. The zero-order chi connectivity index (χ0) is 12.4. The average Bonchev–Trinajstić information content (AvgIpc) is 2.28. The molecule has 0 radical (unpaired) electrons. The minimum Gasteiger partial charge on any atom is -0.382 e. The Morgan fingerprint density at radius 3 is 2.53 bits per heavy atom. The lowest BCUT2D eigenvalue weighted by atomic mass is 10.2. The van der Waals surface area contributed by atoms with Crippen LogP contribution in [0.4, 0.5) is 5.82 Å². The van der Waals surface area contributed by atoms with Crippen LogP contribution in [-0.4, -0.2) is 44.6 Å². The number of anilines is 1. The van der Waals surface area contributed by atoms with Crippen LogP contribution in [-0.2, 0) is 0 Å². The molecule has 1 saturated heterocycles. The van der Waals surface area contributed by atoms with Gasteiger partial charge in [0.25, 0.3) is 5.91 Å². The molecule has 6 heteroatoms. The highest BCUT2D eigenvalue weighted by Gasteiger charge is 2.27. The molecule has 92 valence electrons. The van der Waals surface area contributed by atoms with E-state index in [1.54, 1.807) is 12.1 Å². The number of rotatable bonds is 1. The van der Waals surface area contributed by atoms with Crippen molar-refractivity contribution in [3.63, 3.8) is 0 Å². The largest absolute Gasteiger partial charge is 0.382 e. The Morgan fingerprint density at radius 1 is 1.35 bits per heavy atom. The third kappa shape index (κ3) is 2.88. The Balaban J connectivity index is 2.11. The first kappa shape index (κ1) is 12.2. The van der Waals surface area contributed by atoms with Crippen molar-refractivity contribution >= 4 is 23.5 Å². The summed E-state index contributed by atoms with van der Waals surface area (Å²) in [5, 5.41) is 8.46. The second-order valence-corrected chi connectivity index (χ2v) is 6.19. The molecule has 1 aliphatic rings. The van der Waals surface area contributed by atoms with Crippen molar-refractivity contribution in [3.05, 3.63) is 17.8 Å². The molecule has 1 amide bonds. The summed E-state index contributed by atoms with van der Waals surface area (Å²) >= 11 is 1.91. The van der Waals surface area contributed by atoms with Crippen molar-refractivity contribution in [1.29, 1.82) is 0 Å². The van der Waals surface area contributed by atoms with Gasteiger partial charge in [-0.15, -0.1) is 10.2 Å². The molecular formula is C11H16N4OS. The van der Waals surface area contributed by atoms with Crippen LogP contribution in [0.15, 0.2) is 12.1 Å². The van der Waals surface area contributed by atoms with Gasteiger partial charge in [-0.05, 0) is 12.1 Å². The number of nitrogens with zero attached hydrogens (tertiary/aromatic N) is 3. The van der Waals surface area contributed by atoms with E-state index in [1.165, 1.54) is 0 Å². The highest BCUT2D eigenvalue weighted by molar-refractivity contribution is 8.00. The van der Waals surface area contributed by atoms with Gasteiger partial charge in [-0.1, -0.05) is 13.8 Å². The fourth-order valence-corrected chi connectivity index (χ4v) is 3.29. The average molecular weight is 252 g/mol. The second kappa shape index (κ2) is 4.91. The summed E-state index contributed by atoms with van der Waals surface area (Å²) in [6.07, 6.45) is 0. The number of carbonyl (C=O) groups is 1. The van der Waals surface area contributed by atoms with E-state index < -0.39 is 0 Å². The number of nitrogen functional groups attached to an aromatic ring is 1. The van der Waals surface area contributed by atoms with E-state index in [-0.39, 0.29) is 5.91 Å². The Bertz CT molecular complexity index is 398. The number of nitrogens with two attached hydrogens (primary N) is 1. The van der Waals surface area contributed by atoms with Crippen molar-refractivity contribution in [3.8, 4) is 0 Å². The van der Waals surface area contributed by atoms with E-state index in [4.69, 9.17) is 5.73 Å². The summed E-state index contributed by atoms with van der Waals surface area (Å²) < 4.78 is 0. The molecule has 0 bridgehead atoms. The number of thioether (sulfide) groups is 1. The Labute approximate surface area is 105 Å². The third-order valence-electron chi connectivity index (χ3n) is 2.61. The monoisotopic (exact) mass is 252 g/mol. The SMILES string of the molecule is CC1CN(C(=O)c2ccc(N)nn2)CC(C)S1. The van der Waals surface area contributed by atoms with Crippen LogP contribution in [0.2, 0.25) is 0 Å². The molecule has 1 aliphatic heterocycles. The summed E-state index contributed by atoms with van der Waals surface area (Å²) in [5.74, 6) is 0.272. The highest BCUT2D eigenvalue weighted by Crippen LogP contribution is 2.25. The zero-order valence-corrected chi connectivity index (χ0v) is 10.8. The third-order valence-corrected chi connectivity index (χ3v) is 3.84. The van der Waals surface area contributed by atoms with Gasteiger partial charge in [-0.25, -0.2) is 0 Å². The first-order valence-electron chi connectivity index (χ1n) is 5.60. The maximum Gasteiger partial charge on any atom is 0.274 e. The van der Waals surface area contributed by atoms with Gasteiger partial charge in [-0.3, -0.25) is 4.79 Å². The predicted molar refractivity (Wildman–Crippen MR) is 68.9 cm³/mol. The molecule has 17 heavy (non-hydrogen) atoms. The first-order chi connectivity index (χ1) is 8.06. The van der Waals surface area contributed by atoms with Crippen LogP contribution in [0, 0.1) is 0 Å². The van der Waals surface area contributed by atoms with Gasteiger partial charge in [0.05, 0.1) is 0 Å². The lowest BCUT2D eigenvalue weighted by Crippen LogP contribution is -2.44. The van der Waals surface area contributed by atoms with Crippen molar-refractivity contribution < 1.29 is 4.79 Å². The van der Waals surface area contributed by atoms with Crippen molar-refractivity contribution in [1.82, 2.24) is 15.1 Å². The zero-order valence-electron chi connectivity index (χ0n) is 9.96. The molecular weight excluding hydrogens is 236 g/mol. The minimum atomic E-state index is -0.0588. The summed E-state index contributed by atoms with van der Waals surface area (Å²) in [6, 6.07) is 3.23. The van der Waals surface area contributed by atoms with Crippen LogP contribution < -0.4 is 5.73 Å². The number of carbonyl (C=O) groups excluding carboxylic acids is 1. The van der Waals surface area contributed by atoms with Gasteiger partial charge in [-0.2, -0.15) is 11.8 Å². The van der Waals surface area contributed by atoms with E-state index >= 15 is 0 Å². The number of amides is 1. The van der Waals surface area contributed by atoms with Crippen molar-refractivity contribution in [2.45, 2.75) is 24.3 Å². The van der Waals surface area contributed by atoms with Crippen molar-refractivity contribution in [2.24, 2.45) is 0 Å². The summed E-state index contributed by atoms with van der Waals surface area (Å²) in [7, 11) is 0. The van der Waals surface area contributed by atoms with Gasteiger partial charge in [0.2, 0.25) is 0 Å². The van der Waals surface area contributed by atoms with Crippen LogP contribution >= 0.6 is 11.8 Å². The fourth-order valence-electron chi connectivity index (χ4n) is 1.96. The molecule has 2 heterocycles. The van der Waals surface area contributed by atoms with Gasteiger partial charge >= 0.3 is 0 Å². The summed E-state index contributed by atoms with van der Waals surface area (Å²) in [5.41, 5.74) is 5.81. The van der Waals surface area contributed by atoms with E-state index in [0.717, 1.165) is 13.1 Å². The van der Waals surface area contributed by atoms with Gasteiger partial charge in [0, 0.05) is 23.6 Å². The van der Waals surface area contributed by atoms with Gasteiger partial charge in [0.15, 0.2) is 5.69 Å². The minimum absolute atomic E-state index is 0.0588. The molecule has 0 spiro atoms. The van der Waals surface area contributed by atoms with Crippen LogP contribution in [0.25, 0.3) is 0 Å². The van der Waals surface area contributed by atoms with Gasteiger partial charge < -0.3 is 10.6 Å². The highest BCUT2D eigenvalue weighted by atomic mass is 32.2. The predicted octanol–water partition coefficient (Wildman–Crippen LogP) is 1.02. The van der Waals surface area contributed by atoms with Gasteiger partial charge in [0.1, 0.15) is 5.82 Å². The van der Waals surface area contributed by atoms with Crippen LogP contribution in [0.3, 0.4) is 0 Å². The molecule has 1 fully saturated rings. The Hall–Kier alpha value is -1.30. The standard InChI is InChI=1S/C11H16N4OS/c1-7-5-15(6-8(2)17-7)11(16)9-3-4-10(12)14-13-9/h3-4,7-8H,5-6H2,1-2H3,(H2,12,14). The molecule has 0 saturated carbocycles. The maximum absolute atomic E-state index is 12.2. The second-order valence-electron chi connectivity index (χ2n) is 4.31. The molecule has 2 rings (SSSR count). The topological polar surface area (TPSA) is 72.1 Å². The molecule has 1 aromatic heterocycles. The first-order valence-corrected chi connectivity index (χ1v) is 6.54. The Kier molecular flexibility index (Phi) is 3.51. The van der Waals surface area contributed by atoms with E-state index in [9.17, 15) is 4.79 Å². The van der Waals surface area contributed by atoms with E-state index in [1.807, 2.05) is 16.7 Å². The lowest BCUT2D eigenvalue weighted by Gasteiger charge is -2.34. The number of hydrogen-bond donors (Lipinski definition) is 1. The lowest BCUT2D eigenvalue weighted by molar-refractivity contribution is 0.0746. The molecule has 0 aliphatic carbocycles. The normalized spacial score (nSPS) is 24.7. The summed E-state index contributed by atoms with van der Waals surface area (Å²) in [6.45, 7) is 5.80. The van der Waals surface area contributed by atoms with Crippen molar-refractivity contribution in [2.75, 3.05) is 18.8 Å². The fraction of sp³-hybridized carbons (Fsp3) is 0.545. The number of hydrogen-bond acceptors (Lipinski definition) is 5. The van der Waals surface area contributed by atoms with Crippen LogP contribution in [0.5, 0.6) is 0 Å². The Morgan fingerprint density at radius 2 is 2.00 bits per heavy atom. The molecule has 0 aromatic carbocycles. The van der Waals surface area contributed by atoms with E-state index in [0.29, 0.717) is 22.0 Å².